The molecule has 0 radical (unpaired) electrons. The van der Waals surface area contributed by atoms with Crippen LogP contribution >= 0.6 is 11.6 Å². The Morgan fingerprint density at radius 3 is 2.11 bits per heavy atom. The summed E-state index contributed by atoms with van der Waals surface area (Å²) in [5, 5.41) is 0.792. The molecular weight excluding hydrogens is 258 g/mol. The maximum atomic E-state index is 11.4. The van der Waals surface area contributed by atoms with Gasteiger partial charge < -0.3 is 0 Å². The number of hydrogen-bond acceptors (Lipinski definition) is 3. The number of carbonyl (C=O) groups is 3. The van der Waals surface area contributed by atoms with Crippen molar-refractivity contribution in [3.05, 3.63) is 27.9 Å². The predicted molar refractivity (Wildman–Crippen MR) is 63.0 cm³/mol. The lowest BCUT2D eigenvalue weighted by molar-refractivity contribution is -0.124. The van der Waals surface area contributed by atoms with Crippen molar-refractivity contribution in [2.75, 3.05) is 4.90 Å². The van der Waals surface area contributed by atoms with E-state index in [0.717, 1.165) is 4.90 Å². The highest BCUT2D eigenvalue weighted by Crippen LogP contribution is 2.23. The highest BCUT2D eigenvalue weighted by atomic mass is 35.5. The van der Waals surface area contributed by atoms with Crippen LogP contribution in [0.1, 0.15) is 13.8 Å². The summed E-state index contributed by atoms with van der Waals surface area (Å²) in [4.78, 5) is 42.1. The number of urea groups is 1. The van der Waals surface area contributed by atoms with E-state index in [-0.39, 0.29) is 10.7 Å². The largest absolute Gasteiger partial charge is 0.368 e. The maximum Gasteiger partial charge on any atom is 0.368 e. The van der Waals surface area contributed by atoms with Gasteiger partial charge in [0.15, 0.2) is 0 Å². The van der Waals surface area contributed by atoms with E-state index in [2.05, 4.69) is 9.98 Å². The number of fused-ring (bicyclic) bond motifs is 1. The molecule has 6 nitrogen and oxygen atoms in total. The second kappa shape index (κ2) is 4.30. The van der Waals surface area contributed by atoms with Crippen molar-refractivity contribution in [1.82, 2.24) is 0 Å². The molecule has 7 heteroatoms. The molecular formula is C11H8ClN3O3. The molecule has 1 aliphatic rings. The quantitative estimate of drug-likeness (QED) is 0.746. The molecule has 1 aliphatic heterocycles. The first-order chi connectivity index (χ1) is 8.40. The van der Waals surface area contributed by atoms with Crippen LogP contribution in [0, 0.1) is 0 Å². The van der Waals surface area contributed by atoms with Crippen LogP contribution in [0.15, 0.2) is 22.1 Å². The van der Waals surface area contributed by atoms with Gasteiger partial charge in [0.2, 0.25) is 11.8 Å². The Morgan fingerprint density at radius 1 is 1.11 bits per heavy atom. The first-order valence-electron chi connectivity index (χ1n) is 5.02. The van der Waals surface area contributed by atoms with Crippen molar-refractivity contribution in [3.8, 4) is 0 Å². The average molecular weight is 266 g/mol. The third-order valence-electron chi connectivity index (χ3n) is 2.35. The smallest absolute Gasteiger partial charge is 0.274 e. The van der Waals surface area contributed by atoms with E-state index >= 15 is 0 Å². The van der Waals surface area contributed by atoms with E-state index in [1.165, 1.54) is 26.0 Å². The van der Waals surface area contributed by atoms with E-state index in [0.29, 0.717) is 10.7 Å². The minimum atomic E-state index is -0.629. The minimum absolute atomic E-state index is 0.160. The Balaban J connectivity index is 2.68. The molecule has 92 valence electrons. The summed E-state index contributed by atoms with van der Waals surface area (Å²) >= 11 is 5.98. The third kappa shape index (κ3) is 2.02. The Bertz CT molecular complexity index is 682. The average Bonchev–Trinajstić information content (AvgIpc) is 2.56. The molecule has 0 fully saturated rings. The van der Waals surface area contributed by atoms with Gasteiger partial charge in [-0.25, -0.2) is 9.69 Å². The topological polar surface area (TPSA) is 79.2 Å². The van der Waals surface area contributed by atoms with Crippen molar-refractivity contribution in [3.63, 3.8) is 0 Å². The molecule has 0 bridgehead atoms. The predicted octanol–water partition coefficient (Wildman–Crippen LogP) is 0.612. The van der Waals surface area contributed by atoms with Crippen LogP contribution in [0.4, 0.5) is 10.5 Å². The van der Waals surface area contributed by atoms with Gasteiger partial charge in [0.05, 0.1) is 21.4 Å². The van der Waals surface area contributed by atoms with Crippen molar-refractivity contribution in [2.45, 2.75) is 13.8 Å². The number of benzene rings is 1. The van der Waals surface area contributed by atoms with Gasteiger partial charge in [0.1, 0.15) is 0 Å². The fourth-order valence-corrected chi connectivity index (χ4v) is 1.93. The Labute approximate surface area is 107 Å². The highest BCUT2D eigenvalue weighted by Gasteiger charge is 2.20. The third-order valence-corrected chi connectivity index (χ3v) is 2.65. The Kier molecular flexibility index (Phi) is 2.96. The van der Waals surface area contributed by atoms with Crippen molar-refractivity contribution < 1.29 is 14.4 Å². The standard InChI is InChI=1S/C11H8ClN3O3/c1-5(16)15(6(2)17)10-4-9-8(3-7(10)12)13-11(18)14-9/h3-4H,1-2H3. The minimum Gasteiger partial charge on any atom is -0.274 e. The summed E-state index contributed by atoms with van der Waals surface area (Å²) in [7, 11) is 0. The van der Waals surface area contributed by atoms with Gasteiger partial charge in [0, 0.05) is 13.8 Å². The van der Waals surface area contributed by atoms with Gasteiger partial charge >= 0.3 is 6.03 Å². The van der Waals surface area contributed by atoms with Gasteiger partial charge in [0.25, 0.3) is 0 Å². The van der Waals surface area contributed by atoms with Gasteiger partial charge in [-0.1, -0.05) is 11.6 Å². The van der Waals surface area contributed by atoms with Crippen molar-refractivity contribution >= 4 is 35.1 Å². The second-order valence-electron chi connectivity index (χ2n) is 3.67. The summed E-state index contributed by atoms with van der Waals surface area (Å²) in [5.74, 6) is -0.934. The van der Waals surface area contributed by atoms with E-state index in [9.17, 15) is 14.4 Å². The molecule has 0 saturated carbocycles. The zero-order valence-corrected chi connectivity index (χ0v) is 10.4. The molecule has 1 heterocycles. The van der Waals surface area contributed by atoms with Crippen LogP contribution < -0.4 is 15.6 Å². The molecule has 0 N–H and O–H groups in total. The molecule has 0 unspecified atom stereocenters. The summed E-state index contributed by atoms with van der Waals surface area (Å²) < 4.78 is 0. The highest BCUT2D eigenvalue weighted by molar-refractivity contribution is 6.35. The molecule has 0 atom stereocenters. The van der Waals surface area contributed by atoms with Crippen LogP contribution in [0.5, 0.6) is 0 Å². The molecule has 0 spiro atoms. The fraction of sp³-hybridized carbons (Fsp3) is 0.182. The van der Waals surface area contributed by atoms with Gasteiger partial charge in [-0.3, -0.25) is 9.59 Å². The lowest BCUT2D eigenvalue weighted by Gasteiger charge is -2.18. The summed E-state index contributed by atoms with van der Waals surface area (Å²) in [5.41, 5.74) is 0.198. The Hall–Kier alpha value is -2.08. The number of amides is 4. The van der Waals surface area contributed by atoms with Crippen LogP contribution in [0.2, 0.25) is 5.02 Å². The normalized spacial score (nSPS) is 12.5. The lowest BCUT2D eigenvalue weighted by Crippen LogP contribution is -2.35. The van der Waals surface area contributed by atoms with Crippen LogP contribution in [0.3, 0.4) is 0 Å². The number of nitrogens with zero attached hydrogens (tertiary/aromatic N) is 3. The summed E-state index contributed by atoms with van der Waals surface area (Å²) in [6, 6.07) is 2.17. The summed E-state index contributed by atoms with van der Waals surface area (Å²) in [6.45, 7) is 2.50. The number of anilines is 1. The first-order valence-corrected chi connectivity index (χ1v) is 5.40. The number of carbonyl (C=O) groups excluding carboxylic acids is 3. The van der Waals surface area contributed by atoms with Crippen LogP contribution in [0.25, 0.3) is 0 Å². The number of imide groups is 1. The van der Waals surface area contributed by atoms with E-state index in [4.69, 9.17) is 11.6 Å². The molecule has 0 aromatic heterocycles. The van der Waals surface area contributed by atoms with E-state index in [1.54, 1.807) is 0 Å². The maximum absolute atomic E-state index is 11.4. The molecule has 4 amide bonds. The molecule has 1 aromatic rings. The zero-order valence-electron chi connectivity index (χ0n) is 9.60. The first kappa shape index (κ1) is 12.4. The van der Waals surface area contributed by atoms with Gasteiger partial charge in [-0.2, -0.15) is 9.98 Å². The SMILES string of the molecule is CC(=O)N(C(C)=O)c1cc2c(cc1Cl)=NC(=O)N=2. The molecule has 18 heavy (non-hydrogen) atoms. The van der Waals surface area contributed by atoms with Crippen molar-refractivity contribution in [2.24, 2.45) is 9.98 Å². The second-order valence-corrected chi connectivity index (χ2v) is 4.08. The van der Waals surface area contributed by atoms with Gasteiger partial charge in [-0.15, -0.1) is 0 Å². The monoisotopic (exact) mass is 265 g/mol. The van der Waals surface area contributed by atoms with Crippen LogP contribution in [-0.2, 0) is 9.59 Å². The molecule has 1 aromatic carbocycles. The van der Waals surface area contributed by atoms with Crippen LogP contribution in [-0.4, -0.2) is 17.8 Å². The number of rotatable bonds is 1. The molecule has 0 aliphatic carbocycles. The molecule has 0 saturated heterocycles. The summed E-state index contributed by atoms with van der Waals surface area (Å²) in [6.07, 6.45) is 0. The lowest BCUT2D eigenvalue weighted by atomic mass is 10.2. The fourth-order valence-electron chi connectivity index (χ4n) is 1.68. The zero-order chi connectivity index (χ0) is 13.4. The van der Waals surface area contributed by atoms with Crippen molar-refractivity contribution in [1.29, 1.82) is 0 Å². The van der Waals surface area contributed by atoms with E-state index < -0.39 is 17.8 Å². The van der Waals surface area contributed by atoms with Gasteiger partial charge in [-0.05, 0) is 12.1 Å². The number of hydrogen-bond donors (Lipinski definition) is 0. The van der Waals surface area contributed by atoms with E-state index in [1.807, 2.05) is 0 Å². The Morgan fingerprint density at radius 2 is 1.61 bits per heavy atom. The number of halogens is 1. The molecule has 2 rings (SSSR count).